The van der Waals surface area contributed by atoms with Gasteiger partial charge in [0.05, 0.1) is 5.75 Å². The molecule has 4 nitrogen and oxygen atoms in total. The first-order chi connectivity index (χ1) is 14.4. The van der Waals surface area contributed by atoms with Gasteiger partial charge in [0.25, 0.3) is 0 Å². The van der Waals surface area contributed by atoms with Gasteiger partial charge in [-0.1, -0.05) is 54.4 Å². The summed E-state index contributed by atoms with van der Waals surface area (Å²) in [6, 6.07) is 11.9. The number of halogens is 2. The second-order valence-corrected chi connectivity index (χ2v) is 8.42. The highest BCUT2D eigenvalue weighted by molar-refractivity contribution is 7.99. The van der Waals surface area contributed by atoms with E-state index in [-0.39, 0.29) is 29.1 Å². The van der Waals surface area contributed by atoms with Crippen LogP contribution >= 0.6 is 23.4 Å². The molecule has 0 heterocycles. The van der Waals surface area contributed by atoms with E-state index in [0.29, 0.717) is 30.1 Å². The second-order valence-electron chi connectivity index (χ2n) is 7.02. The van der Waals surface area contributed by atoms with Crippen molar-refractivity contribution in [3.8, 4) is 0 Å². The summed E-state index contributed by atoms with van der Waals surface area (Å²) < 4.78 is 14.0. The second kappa shape index (κ2) is 12.0. The lowest BCUT2D eigenvalue weighted by molar-refractivity contribution is -0.139. The fourth-order valence-electron chi connectivity index (χ4n) is 3.21. The van der Waals surface area contributed by atoms with Crippen molar-refractivity contribution in [2.75, 3.05) is 12.3 Å². The number of aryl methyl sites for hydroxylation is 1. The quantitative estimate of drug-likeness (QED) is 0.556. The van der Waals surface area contributed by atoms with E-state index in [1.807, 2.05) is 45.0 Å². The summed E-state index contributed by atoms with van der Waals surface area (Å²) in [4.78, 5) is 27.3. The lowest BCUT2D eigenvalue weighted by Gasteiger charge is -2.30. The van der Waals surface area contributed by atoms with E-state index in [1.54, 1.807) is 17.0 Å². The third-order valence-electron chi connectivity index (χ3n) is 4.71. The monoisotopic (exact) mass is 450 g/mol. The van der Waals surface area contributed by atoms with Crippen molar-refractivity contribution in [3.63, 3.8) is 0 Å². The summed E-state index contributed by atoms with van der Waals surface area (Å²) in [5.74, 6) is -0.289. The minimum absolute atomic E-state index is 0.131. The van der Waals surface area contributed by atoms with Gasteiger partial charge in [-0.3, -0.25) is 9.59 Å². The van der Waals surface area contributed by atoms with Gasteiger partial charge in [0.1, 0.15) is 11.9 Å². The number of benzene rings is 2. The van der Waals surface area contributed by atoms with Gasteiger partial charge in [-0.15, -0.1) is 11.8 Å². The highest BCUT2D eigenvalue weighted by Gasteiger charge is 2.28. The molecule has 2 aromatic rings. The molecule has 1 atom stereocenters. The molecule has 2 rings (SSSR count). The van der Waals surface area contributed by atoms with Gasteiger partial charge in [0, 0.05) is 29.4 Å². The van der Waals surface area contributed by atoms with E-state index in [4.69, 9.17) is 11.6 Å². The molecule has 162 valence electrons. The number of thioether (sulfide) groups is 1. The first-order valence-corrected chi connectivity index (χ1v) is 11.5. The molecule has 30 heavy (non-hydrogen) atoms. The Morgan fingerprint density at radius 3 is 2.57 bits per heavy atom. The third kappa shape index (κ3) is 6.74. The minimum atomic E-state index is -0.560. The molecule has 0 saturated heterocycles. The highest BCUT2D eigenvalue weighted by atomic mass is 35.5. The van der Waals surface area contributed by atoms with Gasteiger partial charge in [-0.05, 0) is 38.0 Å². The van der Waals surface area contributed by atoms with E-state index >= 15 is 0 Å². The van der Waals surface area contributed by atoms with Crippen LogP contribution < -0.4 is 5.32 Å². The van der Waals surface area contributed by atoms with Gasteiger partial charge in [-0.2, -0.15) is 0 Å². The predicted molar refractivity (Wildman–Crippen MR) is 122 cm³/mol. The van der Waals surface area contributed by atoms with E-state index in [1.165, 1.54) is 17.8 Å². The molecule has 0 aliphatic carbocycles. The predicted octanol–water partition coefficient (Wildman–Crippen LogP) is 4.96. The topological polar surface area (TPSA) is 49.4 Å². The van der Waals surface area contributed by atoms with Gasteiger partial charge in [0.2, 0.25) is 11.8 Å². The number of carbonyl (C=O) groups is 2. The Kier molecular flexibility index (Phi) is 9.66. The van der Waals surface area contributed by atoms with Crippen molar-refractivity contribution < 1.29 is 14.0 Å². The summed E-state index contributed by atoms with van der Waals surface area (Å²) >= 11 is 7.37. The number of amides is 2. The molecule has 0 unspecified atom stereocenters. The fourth-order valence-corrected chi connectivity index (χ4v) is 4.46. The molecule has 0 spiro atoms. The molecule has 7 heteroatoms. The van der Waals surface area contributed by atoms with Crippen LogP contribution in [0.15, 0.2) is 42.5 Å². The first-order valence-electron chi connectivity index (χ1n) is 10.0. The third-order valence-corrected chi connectivity index (χ3v) is 6.00. The van der Waals surface area contributed by atoms with Crippen LogP contribution in [0.4, 0.5) is 4.39 Å². The lowest BCUT2D eigenvalue weighted by Crippen LogP contribution is -2.49. The smallest absolute Gasteiger partial charge is 0.242 e. The Balaban J connectivity index is 2.15. The van der Waals surface area contributed by atoms with Crippen LogP contribution in [0, 0.1) is 12.7 Å². The molecule has 2 amide bonds. The summed E-state index contributed by atoms with van der Waals surface area (Å²) in [6.07, 6.45) is 0.507. The van der Waals surface area contributed by atoms with E-state index in [9.17, 15) is 14.0 Å². The zero-order valence-electron chi connectivity index (χ0n) is 17.6. The number of nitrogens with zero attached hydrogens (tertiary/aromatic N) is 1. The highest BCUT2D eigenvalue weighted by Crippen LogP contribution is 2.24. The van der Waals surface area contributed by atoms with Crippen molar-refractivity contribution in [2.24, 2.45) is 0 Å². The maximum absolute atomic E-state index is 14.0. The number of hydrogen-bond acceptors (Lipinski definition) is 3. The van der Waals surface area contributed by atoms with Gasteiger partial charge < -0.3 is 10.2 Å². The molecule has 0 fully saturated rings. The maximum atomic E-state index is 14.0. The molecule has 0 bridgehead atoms. The number of likely N-dealkylation sites (N-methyl/N-ethyl adjacent to an activating group) is 1. The van der Waals surface area contributed by atoms with Crippen LogP contribution in [0.2, 0.25) is 5.02 Å². The van der Waals surface area contributed by atoms with Crippen LogP contribution in [0.1, 0.15) is 37.0 Å². The van der Waals surface area contributed by atoms with E-state index in [0.717, 1.165) is 11.1 Å². The van der Waals surface area contributed by atoms with Gasteiger partial charge >= 0.3 is 0 Å². The largest absolute Gasteiger partial charge is 0.355 e. The van der Waals surface area contributed by atoms with Crippen molar-refractivity contribution in [1.29, 1.82) is 0 Å². The fraction of sp³-hybridized carbons (Fsp3) is 0.391. The van der Waals surface area contributed by atoms with Crippen LogP contribution in [0.5, 0.6) is 0 Å². The zero-order chi connectivity index (χ0) is 22.1. The average Bonchev–Trinajstić information content (AvgIpc) is 2.70. The molecule has 1 N–H and O–H groups in total. The SMILES string of the molecule is CCNC(=O)[C@H](CC)N(Cc1cccc(C)c1)C(=O)CSCc1c(F)cccc1Cl. The maximum Gasteiger partial charge on any atom is 0.242 e. The Hall–Kier alpha value is -2.05. The Morgan fingerprint density at radius 1 is 1.20 bits per heavy atom. The number of nitrogens with one attached hydrogen (secondary N) is 1. The van der Waals surface area contributed by atoms with Crippen molar-refractivity contribution >= 4 is 35.2 Å². The summed E-state index contributed by atoms with van der Waals surface area (Å²) in [7, 11) is 0. The van der Waals surface area contributed by atoms with Crippen molar-refractivity contribution in [2.45, 2.75) is 45.5 Å². The molecule has 0 saturated carbocycles. The average molecular weight is 451 g/mol. The van der Waals surface area contributed by atoms with Crippen LogP contribution in [-0.2, 0) is 21.9 Å². The Labute approximate surface area is 187 Å². The summed E-state index contributed by atoms with van der Waals surface area (Å²) in [5.41, 5.74) is 2.45. The van der Waals surface area contributed by atoms with Crippen LogP contribution in [-0.4, -0.2) is 35.1 Å². The molecule has 0 aliphatic rings. The summed E-state index contributed by atoms with van der Waals surface area (Å²) in [5, 5.41) is 3.17. The molecule has 2 aromatic carbocycles. The van der Waals surface area contributed by atoms with E-state index in [2.05, 4.69) is 5.32 Å². The van der Waals surface area contributed by atoms with E-state index < -0.39 is 6.04 Å². The normalized spacial score (nSPS) is 11.8. The Bertz CT molecular complexity index is 858. The number of rotatable bonds is 10. The minimum Gasteiger partial charge on any atom is -0.355 e. The standard InChI is InChI=1S/C23H28ClFN2O2S/c1-4-21(23(29)26-5-2)27(13-17-9-6-8-16(3)12-17)22(28)15-30-14-18-19(24)10-7-11-20(18)25/h6-12,21H,4-5,13-15H2,1-3H3,(H,26,29)/t21-/m0/s1. The molecule has 0 radical (unpaired) electrons. The molecule has 0 aliphatic heterocycles. The van der Waals surface area contributed by atoms with Crippen molar-refractivity contribution in [3.05, 3.63) is 70.0 Å². The molecular weight excluding hydrogens is 423 g/mol. The van der Waals surface area contributed by atoms with Crippen LogP contribution in [0.25, 0.3) is 0 Å². The van der Waals surface area contributed by atoms with Crippen molar-refractivity contribution in [1.82, 2.24) is 10.2 Å². The lowest BCUT2D eigenvalue weighted by atomic mass is 10.1. The zero-order valence-corrected chi connectivity index (χ0v) is 19.2. The number of hydrogen-bond donors (Lipinski definition) is 1. The number of carbonyl (C=O) groups excluding carboxylic acids is 2. The molecule has 0 aromatic heterocycles. The first kappa shape index (κ1) is 24.2. The van der Waals surface area contributed by atoms with Crippen LogP contribution in [0.3, 0.4) is 0 Å². The molecular formula is C23H28ClFN2O2S. The van der Waals surface area contributed by atoms with Gasteiger partial charge in [0.15, 0.2) is 0 Å². The Morgan fingerprint density at radius 2 is 1.93 bits per heavy atom. The van der Waals surface area contributed by atoms with Gasteiger partial charge in [-0.25, -0.2) is 4.39 Å². The summed E-state index contributed by atoms with van der Waals surface area (Å²) in [6.45, 7) is 6.58.